The van der Waals surface area contributed by atoms with E-state index in [1.165, 1.54) is 0 Å². The van der Waals surface area contributed by atoms with E-state index in [9.17, 15) is 4.39 Å². The van der Waals surface area contributed by atoms with Gasteiger partial charge in [0.2, 0.25) is 0 Å². The molecule has 0 aromatic carbocycles. The molecule has 0 aliphatic carbocycles. The molecule has 0 heterocycles. The first-order chi connectivity index (χ1) is 7.04. The zero-order chi connectivity index (χ0) is 13.0. The van der Waals surface area contributed by atoms with Gasteiger partial charge in [-0.2, -0.15) is 0 Å². The summed E-state index contributed by atoms with van der Waals surface area (Å²) < 4.78 is 15.5. The van der Waals surface area contributed by atoms with Gasteiger partial charge in [0.05, 0.1) is 27.7 Å². The Morgan fingerprint density at radius 1 is 1.19 bits per heavy atom. The smallest absolute Gasteiger partial charge is 0.106 e. The second kappa shape index (κ2) is 6.39. The summed E-state index contributed by atoms with van der Waals surface area (Å²) in [6.07, 6.45) is 0.968. The normalized spacial score (nSPS) is 15.6. The van der Waals surface area contributed by atoms with Gasteiger partial charge in [0.15, 0.2) is 0 Å². The highest BCUT2D eigenvalue weighted by atomic mass is 35.5. The van der Waals surface area contributed by atoms with E-state index in [1.54, 1.807) is 0 Å². The SMILES string of the molecule is CC(C)(CCC(F)CC[N+](C)(C)C)N(Cl)Cl. The van der Waals surface area contributed by atoms with Crippen molar-refractivity contribution in [1.82, 2.24) is 3.94 Å². The molecule has 0 aromatic heterocycles. The molecule has 0 amide bonds. The van der Waals surface area contributed by atoms with Gasteiger partial charge in [-0.15, -0.1) is 3.94 Å². The fourth-order valence-corrected chi connectivity index (χ4v) is 1.44. The Morgan fingerprint density at radius 2 is 1.69 bits per heavy atom. The van der Waals surface area contributed by atoms with Crippen LogP contribution in [-0.2, 0) is 0 Å². The minimum absolute atomic E-state index is 0.371. The molecule has 1 atom stereocenters. The van der Waals surface area contributed by atoms with Crippen molar-refractivity contribution < 1.29 is 8.87 Å². The fraction of sp³-hybridized carbons (Fsp3) is 1.00. The quantitative estimate of drug-likeness (QED) is 0.506. The lowest BCUT2D eigenvalue weighted by Crippen LogP contribution is -2.37. The number of quaternary nitrogens is 1. The third kappa shape index (κ3) is 7.66. The largest absolute Gasteiger partial charge is 0.331 e. The zero-order valence-electron chi connectivity index (χ0n) is 10.9. The number of halogens is 3. The van der Waals surface area contributed by atoms with Crippen LogP contribution >= 0.6 is 23.6 Å². The summed E-state index contributed by atoms with van der Waals surface area (Å²) in [5, 5.41) is 0. The second-order valence-corrected chi connectivity index (χ2v) is 6.83. The number of rotatable bonds is 7. The molecule has 5 heteroatoms. The lowest BCUT2D eigenvalue weighted by atomic mass is 9.97. The van der Waals surface area contributed by atoms with Gasteiger partial charge < -0.3 is 4.48 Å². The summed E-state index contributed by atoms with van der Waals surface area (Å²) in [6.45, 7) is 4.64. The first-order valence-corrected chi connectivity index (χ1v) is 6.28. The highest BCUT2D eigenvalue weighted by molar-refractivity contribution is 6.34. The first-order valence-electron chi connectivity index (χ1n) is 5.61. The zero-order valence-corrected chi connectivity index (χ0v) is 12.4. The third-order valence-corrected chi connectivity index (χ3v) is 3.56. The van der Waals surface area contributed by atoms with Gasteiger partial charge in [-0.1, -0.05) is 0 Å². The highest BCUT2D eigenvalue weighted by Gasteiger charge is 2.26. The standard InChI is InChI=1S/C11H24Cl2FN2/c1-11(2,15(12)13)8-6-10(14)7-9-16(3,4)5/h10H,6-9H2,1-5H3/q+1. The fourth-order valence-electron chi connectivity index (χ4n) is 1.27. The molecule has 0 saturated carbocycles. The van der Waals surface area contributed by atoms with Crippen LogP contribution in [0.3, 0.4) is 0 Å². The molecule has 0 saturated heterocycles. The molecule has 0 fully saturated rings. The average molecular weight is 274 g/mol. The lowest BCUT2D eigenvalue weighted by molar-refractivity contribution is -0.870. The van der Waals surface area contributed by atoms with E-state index in [0.717, 1.165) is 15.0 Å². The summed E-state index contributed by atoms with van der Waals surface area (Å²) in [4.78, 5) is 0. The van der Waals surface area contributed by atoms with Gasteiger partial charge in [-0.3, -0.25) is 0 Å². The van der Waals surface area contributed by atoms with Gasteiger partial charge in [-0.05, 0) is 50.2 Å². The molecule has 0 rings (SSSR count). The summed E-state index contributed by atoms with van der Waals surface area (Å²) >= 11 is 11.4. The third-order valence-electron chi connectivity index (χ3n) is 2.64. The van der Waals surface area contributed by atoms with Crippen molar-refractivity contribution in [2.45, 2.75) is 44.8 Å². The van der Waals surface area contributed by atoms with E-state index in [-0.39, 0.29) is 5.54 Å². The van der Waals surface area contributed by atoms with Crippen molar-refractivity contribution in [2.75, 3.05) is 27.7 Å². The second-order valence-electron chi connectivity index (χ2n) is 5.98. The maximum Gasteiger partial charge on any atom is 0.106 e. The van der Waals surface area contributed by atoms with Crippen LogP contribution in [0.1, 0.15) is 33.1 Å². The van der Waals surface area contributed by atoms with Crippen molar-refractivity contribution in [2.24, 2.45) is 0 Å². The molecule has 0 aromatic rings. The molecular formula is C11H24Cl2FN2+. The summed E-state index contributed by atoms with van der Waals surface area (Å²) in [7, 11) is 6.20. The van der Waals surface area contributed by atoms with Crippen LogP contribution in [-0.4, -0.2) is 47.8 Å². The first kappa shape index (κ1) is 16.4. The van der Waals surface area contributed by atoms with Crippen molar-refractivity contribution in [3.05, 3.63) is 0 Å². The Morgan fingerprint density at radius 3 is 2.06 bits per heavy atom. The van der Waals surface area contributed by atoms with Gasteiger partial charge in [0.25, 0.3) is 0 Å². The minimum atomic E-state index is -0.773. The molecule has 0 spiro atoms. The Hall–Kier alpha value is 0.430. The van der Waals surface area contributed by atoms with Crippen LogP contribution in [0, 0.1) is 0 Å². The number of hydrogen-bond acceptors (Lipinski definition) is 1. The van der Waals surface area contributed by atoms with Crippen molar-refractivity contribution >= 4 is 23.6 Å². The van der Waals surface area contributed by atoms with E-state index >= 15 is 0 Å². The van der Waals surface area contributed by atoms with Gasteiger partial charge in [-0.25, -0.2) is 4.39 Å². The summed E-state index contributed by atoms with van der Waals surface area (Å²) in [5.41, 5.74) is -0.371. The average Bonchev–Trinajstić information content (AvgIpc) is 2.10. The van der Waals surface area contributed by atoms with E-state index in [2.05, 4.69) is 21.1 Å². The van der Waals surface area contributed by atoms with E-state index in [4.69, 9.17) is 23.6 Å². The Kier molecular flexibility index (Phi) is 6.56. The predicted molar refractivity (Wildman–Crippen MR) is 69.3 cm³/mol. The highest BCUT2D eigenvalue weighted by Crippen LogP contribution is 2.26. The van der Waals surface area contributed by atoms with Crippen LogP contribution in [0.2, 0.25) is 0 Å². The summed E-state index contributed by atoms with van der Waals surface area (Å²) in [6, 6.07) is 0. The molecule has 1 unspecified atom stereocenters. The molecule has 0 bridgehead atoms. The van der Waals surface area contributed by atoms with Crippen LogP contribution in [0.15, 0.2) is 0 Å². The summed E-state index contributed by atoms with van der Waals surface area (Å²) in [5.74, 6) is 0. The van der Waals surface area contributed by atoms with Gasteiger partial charge >= 0.3 is 0 Å². The molecule has 0 aliphatic rings. The Bertz CT molecular complexity index is 203. The van der Waals surface area contributed by atoms with Gasteiger partial charge in [0.1, 0.15) is 6.17 Å². The maximum absolute atomic E-state index is 13.6. The molecule has 0 N–H and O–H groups in total. The Balaban J connectivity index is 3.86. The maximum atomic E-state index is 13.6. The van der Waals surface area contributed by atoms with Gasteiger partial charge in [0, 0.05) is 12.0 Å². The van der Waals surface area contributed by atoms with Crippen LogP contribution in [0.4, 0.5) is 4.39 Å². The number of nitrogens with zero attached hydrogens (tertiary/aromatic N) is 2. The van der Waals surface area contributed by atoms with Crippen molar-refractivity contribution in [1.29, 1.82) is 0 Å². The molecule has 0 radical (unpaired) electrons. The monoisotopic (exact) mass is 273 g/mol. The minimum Gasteiger partial charge on any atom is -0.331 e. The van der Waals surface area contributed by atoms with Crippen LogP contribution in [0.25, 0.3) is 0 Å². The van der Waals surface area contributed by atoms with Crippen molar-refractivity contribution in [3.8, 4) is 0 Å². The molecule has 0 aliphatic heterocycles. The van der Waals surface area contributed by atoms with E-state index in [0.29, 0.717) is 19.3 Å². The topological polar surface area (TPSA) is 3.24 Å². The number of hydrogen-bond donors (Lipinski definition) is 0. The Labute approximate surface area is 109 Å². The molecule has 2 nitrogen and oxygen atoms in total. The van der Waals surface area contributed by atoms with E-state index < -0.39 is 6.17 Å². The van der Waals surface area contributed by atoms with Crippen LogP contribution < -0.4 is 0 Å². The van der Waals surface area contributed by atoms with Crippen LogP contribution in [0.5, 0.6) is 0 Å². The predicted octanol–water partition coefficient (Wildman–Crippen LogP) is 3.59. The molecule has 16 heavy (non-hydrogen) atoms. The van der Waals surface area contributed by atoms with E-state index in [1.807, 2.05) is 13.8 Å². The molecular weight excluding hydrogens is 250 g/mol. The molecule has 98 valence electrons. The number of alkyl halides is 1. The van der Waals surface area contributed by atoms with Crippen molar-refractivity contribution in [3.63, 3.8) is 0 Å². The lowest BCUT2D eigenvalue weighted by Gasteiger charge is -2.29.